The minimum absolute atomic E-state index is 0.0822. The molecule has 0 bridgehead atoms. The topological polar surface area (TPSA) is 52.3 Å². The molecule has 0 saturated carbocycles. The first-order valence-corrected chi connectivity index (χ1v) is 3.65. The molecule has 0 aliphatic carbocycles. The minimum atomic E-state index is 0.0822. The van der Waals surface area contributed by atoms with Crippen LogP contribution in [0.25, 0.3) is 0 Å². The average molecular weight is 143 g/mol. The molecule has 1 rings (SSSR count). The fourth-order valence-electron chi connectivity index (χ4n) is 1.14. The van der Waals surface area contributed by atoms with Gasteiger partial charge in [-0.1, -0.05) is 0 Å². The van der Waals surface area contributed by atoms with E-state index in [0.717, 1.165) is 6.42 Å². The van der Waals surface area contributed by atoms with E-state index in [4.69, 9.17) is 10.5 Å². The van der Waals surface area contributed by atoms with Gasteiger partial charge in [0.2, 0.25) is 0 Å². The van der Waals surface area contributed by atoms with Crippen LogP contribution in [-0.4, -0.2) is 25.5 Å². The van der Waals surface area contributed by atoms with Gasteiger partial charge < -0.3 is 10.5 Å². The molecule has 3 nitrogen and oxygen atoms in total. The molecule has 0 spiro atoms. The Balaban J connectivity index is 2.32. The lowest BCUT2D eigenvalue weighted by Gasteiger charge is -2.19. The Morgan fingerprint density at radius 2 is 2.50 bits per heavy atom. The molecule has 0 aromatic heterocycles. The van der Waals surface area contributed by atoms with Crippen molar-refractivity contribution in [2.75, 3.05) is 19.8 Å². The molecule has 1 heterocycles. The molecular weight excluding hydrogens is 130 g/mol. The summed E-state index contributed by atoms with van der Waals surface area (Å²) in [5.41, 5.74) is 5.31. The second-order valence-corrected chi connectivity index (χ2v) is 2.57. The molecular formula is C7H13NO2. The van der Waals surface area contributed by atoms with E-state index in [1.54, 1.807) is 0 Å². The predicted octanol–water partition coefficient (Wildman–Crippen LogP) is -0.0592. The van der Waals surface area contributed by atoms with Crippen LogP contribution in [0.2, 0.25) is 0 Å². The van der Waals surface area contributed by atoms with Crippen molar-refractivity contribution < 1.29 is 9.53 Å². The van der Waals surface area contributed by atoms with E-state index in [-0.39, 0.29) is 5.92 Å². The molecule has 1 aliphatic heterocycles. The van der Waals surface area contributed by atoms with Gasteiger partial charge in [0, 0.05) is 12.3 Å². The Kier molecular flexibility index (Phi) is 2.83. The maximum absolute atomic E-state index is 11.0. The second kappa shape index (κ2) is 3.68. The third-order valence-electron chi connectivity index (χ3n) is 1.78. The SMILES string of the molecule is NCCC1COCCC1=O. The van der Waals surface area contributed by atoms with Crippen molar-refractivity contribution in [2.45, 2.75) is 12.8 Å². The van der Waals surface area contributed by atoms with Gasteiger partial charge in [-0.25, -0.2) is 0 Å². The maximum Gasteiger partial charge on any atom is 0.140 e. The van der Waals surface area contributed by atoms with Crippen molar-refractivity contribution in [1.29, 1.82) is 0 Å². The molecule has 1 fully saturated rings. The number of carbonyl (C=O) groups is 1. The molecule has 0 radical (unpaired) electrons. The number of carbonyl (C=O) groups excluding carboxylic acids is 1. The number of hydrogen-bond acceptors (Lipinski definition) is 3. The Hall–Kier alpha value is -0.410. The third-order valence-corrected chi connectivity index (χ3v) is 1.78. The Labute approximate surface area is 60.5 Å². The van der Waals surface area contributed by atoms with Crippen molar-refractivity contribution in [3.8, 4) is 0 Å². The number of hydrogen-bond donors (Lipinski definition) is 1. The van der Waals surface area contributed by atoms with Crippen LogP contribution >= 0.6 is 0 Å². The summed E-state index contributed by atoms with van der Waals surface area (Å²) < 4.78 is 5.13. The molecule has 10 heavy (non-hydrogen) atoms. The van der Waals surface area contributed by atoms with Gasteiger partial charge in [0.1, 0.15) is 5.78 Å². The van der Waals surface area contributed by atoms with Gasteiger partial charge in [0.05, 0.1) is 13.2 Å². The molecule has 1 saturated heterocycles. The van der Waals surface area contributed by atoms with Crippen molar-refractivity contribution in [3.05, 3.63) is 0 Å². The van der Waals surface area contributed by atoms with Gasteiger partial charge in [-0.2, -0.15) is 0 Å². The maximum atomic E-state index is 11.0. The van der Waals surface area contributed by atoms with E-state index < -0.39 is 0 Å². The first kappa shape index (κ1) is 7.69. The third kappa shape index (κ3) is 1.78. The van der Waals surface area contributed by atoms with Crippen LogP contribution in [0.3, 0.4) is 0 Å². The smallest absolute Gasteiger partial charge is 0.140 e. The fraction of sp³-hybridized carbons (Fsp3) is 0.857. The summed E-state index contributed by atoms with van der Waals surface area (Å²) in [4.78, 5) is 11.0. The van der Waals surface area contributed by atoms with Gasteiger partial charge in [-0.15, -0.1) is 0 Å². The summed E-state index contributed by atoms with van der Waals surface area (Å²) in [5.74, 6) is 0.399. The predicted molar refractivity (Wildman–Crippen MR) is 37.6 cm³/mol. The van der Waals surface area contributed by atoms with E-state index in [0.29, 0.717) is 32.0 Å². The Morgan fingerprint density at radius 1 is 1.70 bits per heavy atom. The Morgan fingerprint density at radius 3 is 3.10 bits per heavy atom. The monoisotopic (exact) mass is 143 g/mol. The molecule has 3 heteroatoms. The molecule has 1 atom stereocenters. The van der Waals surface area contributed by atoms with Crippen molar-refractivity contribution in [3.63, 3.8) is 0 Å². The van der Waals surface area contributed by atoms with Crippen molar-refractivity contribution in [2.24, 2.45) is 11.7 Å². The highest BCUT2D eigenvalue weighted by molar-refractivity contribution is 5.81. The lowest BCUT2D eigenvalue weighted by Crippen LogP contribution is -2.29. The van der Waals surface area contributed by atoms with Crippen LogP contribution in [-0.2, 0) is 9.53 Å². The minimum Gasteiger partial charge on any atom is -0.380 e. The molecule has 58 valence electrons. The van der Waals surface area contributed by atoms with Crippen LogP contribution < -0.4 is 5.73 Å². The standard InChI is InChI=1S/C7H13NO2/c8-3-1-6-5-10-4-2-7(6)9/h6H,1-5,8H2. The zero-order valence-electron chi connectivity index (χ0n) is 6.01. The lowest BCUT2D eigenvalue weighted by atomic mass is 9.97. The van der Waals surface area contributed by atoms with Crippen LogP contribution in [0, 0.1) is 5.92 Å². The van der Waals surface area contributed by atoms with Crippen molar-refractivity contribution in [1.82, 2.24) is 0 Å². The summed E-state index contributed by atoms with van der Waals surface area (Å²) in [7, 11) is 0. The average Bonchev–Trinajstić information content (AvgIpc) is 1.94. The first-order valence-electron chi connectivity index (χ1n) is 3.65. The van der Waals surface area contributed by atoms with Gasteiger partial charge in [-0.05, 0) is 13.0 Å². The molecule has 1 aliphatic rings. The van der Waals surface area contributed by atoms with E-state index in [1.165, 1.54) is 0 Å². The van der Waals surface area contributed by atoms with Crippen LogP contribution in [0.4, 0.5) is 0 Å². The summed E-state index contributed by atoms with van der Waals surface area (Å²) in [6.07, 6.45) is 1.35. The van der Waals surface area contributed by atoms with Gasteiger partial charge in [-0.3, -0.25) is 4.79 Å². The molecule has 1 unspecified atom stereocenters. The van der Waals surface area contributed by atoms with Gasteiger partial charge in [0.25, 0.3) is 0 Å². The summed E-state index contributed by atoms with van der Waals surface area (Å²) in [6.45, 7) is 1.76. The number of Topliss-reactive ketones (excluding diaryl/α,β-unsaturated/α-hetero) is 1. The normalized spacial score (nSPS) is 26.9. The van der Waals surface area contributed by atoms with Gasteiger partial charge >= 0.3 is 0 Å². The number of rotatable bonds is 2. The van der Waals surface area contributed by atoms with Crippen molar-refractivity contribution >= 4 is 5.78 Å². The van der Waals surface area contributed by atoms with E-state index >= 15 is 0 Å². The number of ketones is 1. The Bertz CT molecular complexity index is 123. The quantitative estimate of drug-likeness (QED) is 0.589. The molecule has 0 aromatic rings. The van der Waals surface area contributed by atoms with Crippen LogP contribution in [0.1, 0.15) is 12.8 Å². The summed E-state index contributed by atoms with van der Waals surface area (Å²) in [5, 5.41) is 0. The second-order valence-electron chi connectivity index (χ2n) is 2.57. The lowest BCUT2D eigenvalue weighted by molar-refractivity contribution is -0.130. The van der Waals surface area contributed by atoms with Gasteiger partial charge in [0.15, 0.2) is 0 Å². The largest absolute Gasteiger partial charge is 0.380 e. The van der Waals surface area contributed by atoms with Crippen LogP contribution in [0.5, 0.6) is 0 Å². The first-order chi connectivity index (χ1) is 4.84. The highest BCUT2D eigenvalue weighted by Crippen LogP contribution is 2.12. The van der Waals surface area contributed by atoms with E-state index in [1.807, 2.05) is 0 Å². The fourth-order valence-corrected chi connectivity index (χ4v) is 1.14. The highest BCUT2D eigenvalue weighted by atomic mass is 16.5. The van der Waals surface area contributed by atoms with Crippen LogP contribution in [0.15, 0.2) is 0 Å². The molecule has 0 aromatic carbocycles. The molecule has 0 amide bonds. The zero-order valence-corrected chi connectivity index (χ0v) is 6.01. The van der Waals surface area contributed by atoms with E-state index in [2.05, 4.69) is 0 Å². The highest BCUT2D eigenvalue weighted by Gasteiger charge is 2.21. The number of ether oxygens (including phenoxy) is 1. The summed E-state index contributed by atoms with van der Waals surface area (Å²) in [6, 6.07) is 0. The summed E-state index contributed by atoms with van der Waals surface area (Å²) >= 11 is 0. The van der Waals surface area contributed by atoms with E-state index in [9.17, 15) is 4.79 Å². The molecule has 2 N–H and O–H groups in total. The zero-order chi connectivity index (χ0) is 7.40. The number of nitrogens with two attached hydrogens (primary N) is 1.